The first-order valence-electron chi connectivity index (χ1n) is 5.78. The van der Waals surface area contributed by atoms with Gasteiger partial charge in [0.2, 0.25) is 0 Å². The van der Waals surface area contributed by atoms with Crippen LogP contribution in [0.4, 0.5) is 0 Å². The predicted octanol–water partition coefficient (Wildman–Crippen LogP) is 1.60. The molecule has 0 saturated carbocycles. The molecule has 17 heavy (non-hydrogen) atoms. The van der Waals surface area contributed by atoms with Crippen molar-refractivity contribution in [2.75, 3.05) is 26.8 Å². The highest BCUT2D eigenvalue weighted by atomic mass is 32.1. The zero-order valence-corrected chi connectivity index (χ0v) is 10.7. The molecule has 1 N–H and O–H groups in total. The molecule has 1 aromatic heterocycles. The Morgan fingerprint density at radius 2 is 2.53 bits per heavy atom. The van der Waals surface area contributed by atoms with Crippen LogP contribution in [0, 0.1) is 5.92 Å². The zero-order chi connectivity index (χ0) is 12.3. The third-order valence-electron chi connectivity index (χ3n) is 3.11. The van der Waals surface area contributed by atoms with Gasteiger partial charge in [-0.05, 0) is 30.2 Å². The molecule has 0 bridgehead atoms. The van der Waals surface area contributed by atoms with Crippen molar-refractivity contribution in [3.05, 3.63) is 16.3 Å². The molecule has 0 radical (unpaired) electrons. The largest absolute Gasteiger partial charge is 0.495 e. The number of carbonyl (C=O) groups is 1. The number of hydrogen-bond donors (Lipinski definition) is 1. The number of thiophene rings is 1. The monoisotopic (exact) mass is 255 g/mol. The molecule has 94 valence electrons. The van der Waals surface area contributed by atoms with E-state index in [0.717, 1.165) is 19.4 Å². The van der Waals surface area contributed by atoms with E-state index in [1.54, 1.807) is 7.11 Å². The number of aliphatic hydroxyl groups is 1. The van der Waals surface area contributed by atoms with Crippen molar-refractivity contribution in [2.45, 2.75) is 12.8 Å². The van der Waals surface area contributed by atoms with Crippen molar-refractivity contribution in [1.29, 1.82) is 0 Å². The van der Waals surface area contributed by atoms with Gasteiger partial charge < -0.3 is 14.7 Å². The molecule has 1 aliphatic rings. The fraction of sp³-hybridized carbons (Fsp3) is 0.583. The Morgan fingerprint density at radius 1 is 1.71 bits per heavy atom. The summed E-state index contributed by atoms with van der Waals surface area (Å²) in [5.74, 6) is 0.889. The van der Waals surface area contributed by atoms with Gasteiger partial charge in [0, 0.05) is 19.7 Å². The van der Waals surface area contributed by atoms with Gasteiger partial charge in [-0.25, -0.2) is 0 Å². The molecule has 4 nitrogen and oxygen atoms in total. The second kappa shape index (κ2) is 5.51. The third kappa shape index (κ3) is 2.61. The lowest BCUT2D eigenvalue weighted by molar-refractivity contribution is 0.0622. The third-order valence-corrected chi connectivity index (χ3v) is 3.99. The number of rotatable bonds is 3. The van der Waals surface area contributed by atoms with Crippen LogP contribution >= 0.6 is 11.3 Å². The number of nitrogens with zero attached hydrogens (tertiary/aromatic N) is 1. The number of likely N-dealkylation sites (tertiary alicyclic amines) is 1. The smallest absolute Gasteiger partial charge is 0.267 e. The average Bonchev–Trinajstić information content (AvgIpc) is 2.86. The van der Waals surface area contributed by atoms with Crippen molar-refractivity contribution in [3.8, 4) is 5.75 Å². The molecule has 2 rings (SSSR count). The summed E-state index contributed by atoms with van der Waals surface area (Å²) in [6, 6.07) is 1.81. The highest BCUT2D eigenvalue weighted by molar-refractivity contribution is 7.12. The molecule has 1 amide bonds. The van der Waals surface area contributed by atoms with Crippen LogP contribution in [-0.2, 0) is 0 Å². The lowest BCUT2D eigenvalue weighted by Crippen LogP contribution is -2.40. The molecule has 1 atom stereocenters. The van der Waals surface area contributed by atoms with E-state index in [-0.39, 0.29) is 18.4 Å². The second-order valence-electron chi connectivity index (χ2n) is 4.26. The van der Waals surface area contributed by atoms with E-state index in [1.807, 2.05) is 16.3 Å². The first-order chi connectivity index (χ1) is 8.26. The topological polar surface area (TPSA) is 49.8 Å². The van der Waals surface area contributed by atoms with Crippen LogP contribution in [-0.4, -0.2) is 42.7 Å². The summed E-state index contributed by atoms with van der Waals surface area (Å²) in [4.78, 5) is 14.8. The number of carbonyl (C=O) groups excluding carboxylic acids is 1. The standard InChI is InChI=1S/C12H17NO3S/c1-16-10-4-6-17-11(10)12(15)13-5-2-3-9(7-13)8-14/h4,6,9,14H,2-3,5,7-8H2,1H3. The number of piperidine rings is 1. The van der Waals surface area contributed by atoms with Crippen LogP contribution in [0.2, 0.25) is 0 Å². The highest BCUT2D eigenvalue weighted by Crippen LogP contribution is 2.27. The van der Waals surface area contributed by atoms with Crippen molar-refractivity contribution in [2.24, 2.45) is 5.92 Å². The molecule has 1 unspecified atom stereocenters. The van der Waals surface area contributed by atoms with Gasteiger partial charge in [-0.2, -0.15) is 0 Å². The van der Waals surface area contributed by atoms with Crippen LogP contribution in [0.1, 0.15) is 22.5 Å². The fourth-order valence-electron chi connectivity index (χ4n) is 2.16. The van der Waals surface area contributed by atoms with E-state index in [4.69, 9.17) is 9.84 Å². The van der Waals surface area contributed by atoms with Crippen LogP contribution in [0.25, 0.3) is 0 Å². The van der Waals surface area contributed by atoms with Gasteiger partial charge in [0.15, 0.2) is 0 Å². The molecular formula is C12H17NO3S. The molecule has 1 aromatic rings. The molecule has 2 heterocycles. The molecule has 5 heteroatoms. The summed E-state index contributed by atoms with van der Waals surface area (Å²) in [6.07, 6.45) is 1.96. The maximum absolute atomic E-state index is 12.3. The van der Waals surface area contributed by atoms with E-state index >= 15 is 0 Å². The molecular weight excluding hydrogens is 238 g/mol. The maximum Gasteiger partial charge on any atom is 0.267 e. The van der Waals surface area contributed by atoms with Gasteiger partial charge >= 0.3 is 0 Å². The Morgan fingerprint density at radius 3 is 3.24 bits per heavy atom. The average molecular weight is 255 g/mol. The van der Waals surface area contributed by atoms with E-state index < -0.39 is 0 Å². The lowest BCUT2D eigenvalue weighted by atomic mass is 9.99. The Labute approximate surface area is 105 Å². The number of methoxy groups -OCH3 is 1. The highest BCUT2D eigenvalue weighted by Gasteiger charge is 2.26. The number of ether oxygens (including phenoxy) is 1. The van der Waals surface area contributed by atoms with Gasteiger partial charge in [-0.15, -0.1) is 11.3 Å². The summed E-state index contributed by atoms with van der Waals surface area (Å²) in [6.45, 7) is 1.58. The fourth-order valence-corrected chi connectivity index (χ4v) is 2.98. The van der Waals surface area contributed by atoms with Crippen LogP contribution < -0.4 is 4.74 Å². The van der Waals surface area contributed by atoms with Gasteiger partial charge in [-0.1, -0.05) is 0 Å². The van der Waals surface area contributed by atoms with E-state index in [9.17, 15) is 4.79 Å². The minimum Gasteiger partial charge on any atom is -0.495 e. The normalized spacial score (nSPS) is 20.4. The van der Waals surface area contributed by atoms with E-state index in [1.165, 1.54) is 11.3 Å². The molecule has 1 saturated heterocycles. The van der Waals surface area contributed by atoms with Gasteiger partial charge in [0.1, 0.15) is 10.6 Å². The Hall–Kier alpha value is -1.07. The SMILES string of the molecule is COc1ccsc1C(=O)N1CCCC(CO)C1. The van der Waals surface area contributed by atoms with Crippen LogP contribution in [0.3, 0.4) is 0 Å². The number of hydrogen-bond acceptors (Lipinski definition) is 4. The molecule has 0 spiro atoms. The molecule has 1 aliphatic heterocycles. The van der Waals surface area contributed by atoms with Crippen molar-refractivity contribution < 1.29 is 14.6 Å². The van der Waals surface area contributed by atoms with Gasteiger partial charge in [0.25, 0.3) is 5.91 Å². The van der Waals surface area contributed by atoms with Crippen molar-refractivity contribution in [3.63, 3.8) is 0 Å². The first-order valence-corrected chi connectivity index (χ1v) is 6.66. The summed E-state index contributed by atoms with van der Waals surface area (Å²) in [7, 11) is 1.57. The first kappa shape index (κ1) is 12.4. The van der Waals surface area contributed by atoms with Crippen LogP contribution in [0.15, 0.2) is 11.4 Å². The Balaban J connectivity index is 2.09. The number of amides is 1. The summed E-state index contributed by atoms with van der Waals surface area (Å²) in [5.41, 5.74) is 0. The van der Waals surface area contributed by atoms with Gasteiger partial charge in [-0.3, -0.25) is 4.79 Å². The second-order valence-corrected chi connectivity index (χ2v) is 5.18. The van der Waals surface area contributed by atoms with Crippen molar-refractivity contribution in [1.82, 2.24) is 4.90 Å². The molecule has 0 aliphatic carbocycles. The molecule has 0 aromatic carbocycles. The quantitative estimate of drug-likeness (QED) is 0.892. The van der Waals surface area contributed by atoms with Crippen LogP contribution in [0.5, 0.6) is 5.75 Å². The van der Waals surface area contributed by atoms with E-state index in [0.29, 0.717) is 17.2 Å². The lowest BCUT2D eigenvalue weighted by Gasteiger charge is -2.31. The predicted molar refractivity (Wildman–Crippen MR) is 66.6 cm³/mol. The van der Waals surface area contributed by atoms with E-state index in [2.05, 4.69) is 0 Å². The Kier molecular flexibility index (Phi) is 4.02. The zero-order valence-electron chi connectivity index (χ0n) is 9.89. The maximum atomic E-state index is 12.3. The Bertz CT molecular complexity index is 391. The summed E-state index contributed by atoms with van der Waals surface area (Å²) in [5, 5.41) is 11.0. The minimum atomic E-state index is 0.0231. The summed E-state index contributed by atoms with van der Waals surface area (Å²) >= 11 is 1.41. The number of aliphatic hydroxyl groups excluding tert-OH is 1. The van der Waals surface area contributed by atoms with Gasteiger partial charge in [0.05, 0.1) is 7.11 Å². The van der Waals surface area contributed by atoms with Crippen molar-refractivity contribution >= 4 is 17.2 Å². The minimum absolute atomic E-state index is 0.0231. The summed E-state index contributed by atoms with van der Waals surface area (Å²) < 4.78 is 5.16. The molecule has 1 fully saturated rings.